The lowest BCUT2D eigenvalue weighted by Gasteiger charge is -2.27. The normalized spacial score (nSPS) is 29.5. The van der Waals surface area contributed by atoms with E-state index in [1.807, 2.05) is 0 Å². The predicted octanol–water partition coefficient (Wildman–Crippen LogP) is 3.34. The second kappa shape index (κ2) is 4.45. The summed E-state index contributed by atoms with van der Waals surface area (Å²) < 4.78 is 5.50. The summed E-state index contributed by atoms with van der Waals surface area (Å²) in [4.78, 5) is 0. The molecule has 1 aromatic heterocycles. The minimum Gasteiger partial charge on any atom is -0.391 e. The summed E-state index contributed by atoms with van der Waals surface area (Å²) in [6.07, 6.45) is 7.49. The molecule has 2 saturated carbocycles. The lowest BCUT2D eigenvalue weighted by atomic mass is 9.77. The van der Waals surface area contributed by atoms with Crippen molar-refractivity contribution in [2.24, 2.45) is 5.92 Å². The number of aliphatic hydroxyl groups is 1. The molecule has 17 heavy (non-hydrogen) atoms. The van der Waals surface area contributed by atoms with E-state index in [0.717, 1.165) is 17.0 Å². The summed E-state index contributed by atoms with van der Waals surface area (Å²) in [5.74, 6) is 2.69. The molecule has 2 aliphatic carbocycles. The fourth-order valence-corrected chi connectivity index (χ4v) is 3.17. The maximum Gasteiger partial charge on any atom is 0.145 e. The van der Waals surface area contributed by atoms with E-state index >= 15 is 0 Å². The Balaban J connectivity index is 1.90. The van der Waals surface area contributed by atoms with Crippen LogP contribution in [0.15, 0.2) is 4.52 Å². The van der Waals surface area contributed by atoms with E-state index in [1.54, 1.807) is 0 Å². The van der Waals surface area contributed by atoms with E-state index in [9.17, 15) is 5.11 Å². The first-order valence-electron chi connectivity index (χ1n) is 6.90. The molecule has 0 saturated heterocycles. The van der Waals surface area contributed by atoms with Gasteiger partial charge in [0.05, 0.1) is 12.3 Å². The third-order valence-corrected chi connectivity index (χ3v) is 4.42. The van der Waals surface area contributed by atoms with E-state index in [2.05, 4.69) is 12.1 Å². The second-order valence-corrected chi connectivity index (χ2v) is 5.71. The molecule has 0 aromatic carbocycles. The number of nitrogens with zero attached hydrogens (tertiary/aromatic N) is 1. The van der Waals surface area contributed by atoms with Crippen LogP contribution in [0.5, 0.6) is 0 Å². The summed E-state index contributed by atoms with van der Waals surface area (Å²) in [7, 11) is 0. The zero-order valence-electron chi connectivity index (χ0n) is 10.5. The molecule has 0 aliphatic heterocycles. The number of rotatable bonds is 3. The van der Waals surface area contributed by atoms with E-state index in [-0.39, 0.29) is 6.61 Å². The van der Waals surface area contributed by atoms with Crippen LogP contribution in [-0.4, -0.2) is 10.3 Å². The molecule has 3 nitrogen and oxygen atoms in total. The van der Waals surface area contributed by atoms with Gasteiger partial charge in [0.2, 0.25) is 0 Å². The molecule has 3 rings (SSSR count). The molecule has 1 aromatic rings. The highest BCUT2D eigenvalue weighted by Crippen LogP contribution is 2.45. The fourth-order valence-electron chi connectivity index (χ4n) is 3.17. The van der Waals surface area contributed by atoms with Crippen LogP contribution in [0.3, 0.4) is 0 Å². The van der Waals surface area contributed by atoms with Crippen LogP contribution in [0.2, 0.25) is 0 Å². The maximum atomic E-state index is 9.58. The molecule has 2 atom stereocenters. The van der Waals surface area contributed by atoms with Gasteiger partial charge in [0.1, 0.15) is 5.76 Å². The van der Waals surface area contributed by atoms with Gasteiger partial charge in [-0.1, -0.05) is 31.3 Å². The first-order chi connectivity index (χ1) is 8.31. The Morgan fingerprint density at radius 3 is 2.65 bits per heavy atom. The van der Waals surface area contributed by atoms with Gasteiger partial charge >= 0.3 is 0 Å². The Morgan fingerprint density at radius 2 is 2.00 bits per heavy atom. The highest BCUT2D eigenvalue weighted by atomic mass is 16.5. The summed E-state index contributed by atoms with van der Waals surface area (Å²) in [6, 6.07) is 0. The van der Waals surface area contributed by atoms with Crippen molar-refractivity contribution in [1.82, 2.24) is 5.16 Å². The van der Waals surface area contributed by atoms with Crippen molar-refractivity contribution >= 4 is 0 Å². The van der Waals surface area contributed by atoms with Crippen LogP contribution in [-0.2, 0) is 6.61 Å². The van der Waals surface area contributed by atoms with Crippen molar-refractivity contribution in [2.75, 3.05) is 0 Å². The summed E-state index contributed by atoms with van der Waals surface area (Å²) in [5.41, 5.74) is 2.06. The maximum absolute atomic E-state index is 9.58. The van der Waals surface area contributed by atoms with Gasteiger partial charge in [-0.3, -0.25) is 0 Å². The number of aliphatic hydroxyl groups excluding tert-OH is 1. The van der Waals surface area contributed by atoms with Crippen LogP contribution < -0.4 is 0 Å². The molecule has 0 unspecified atom stereocenters. The summed E-state index contributed by atoms with van der Waals surface area (Å²) >= 11 is 0. The third kappa shape index (κ3) is 2.01. The Labute approximate surface area is 102 Å². The summed E-state index contributed by atoms with van der Waals surface area (Å²) in [6.45, 7) is 2.39. The SMILES string of the molecule is C[C@H]1CCCC[C@@H]1c1noc(C2CC2)c1CO. The fraction of sp³-hybridized carbons (Fsp3) is 0.786. The quantitative estimate of drug-likeness (QED) is 0.874. The van der Waals surface area contributed by atoms with Gasteiger partial charge in [0.15, 0.2) is 0 Å². The zero-order valence-corrected chi connectivity index (χ0v) is 10.5. The Kier molecular flexibility index (Phi) is 2.95. The van der Waals surface area contributed by atoms with Crippen LogP contribution in [0.1, 0.15) is 74.3 Å². The number of hydrogen-bond donors (Lipinski definition) is 1. The minimum absolute atomic E-state index is 0.0912. The van der Waals surface area contributed by atoms with Gasteiger partial charge in [0.25, 0.3) is 0 Å². The van der Waals surface area contributed by atoms with Gasteiger partial charge in [0, 0.05) is 17.4 Å². The van der Waals surface area contributed by atoms with Crippen molar-refractivity contribution < 1.29 is 9.63 Å². The van der Waals surface area contributed by atoms with Crippen LogP contribution in [0.4, 0.5) is 0 Å². The van der Waals surface area contributed by atoms with Crippen LogP contribution >= 0.6 is 0 Å². The third-order valence-electron chi connectivity index (χ3n) is 4.42. The summed E-state index contributed by atoms with van der Waals surface area (Å²) in [5, 5.41) is 13.9. The molecule has 94 valence electrons. The average molecular weight is 235 g/mol. The van der Waals surface area contributed by atoms with E-state index in [4.69, 9.17) is 4.52 Å². The van der Waals surface area contributed by atoms with E-state index in [1.165, 1.54) is 38.5 Å². The highest BCUT2D eigenvalue weighted by molar-refractivity contribution is 5.30. The molecular weight excluding hydrogens is 214 g/mol. The average Bonchev–Trinajstić information content (AvgIpc) is 3.10. The topological polar surface area (TPSA) is 46.3 Å². The first kappa shape index (κ1) is 11.3. The monoisotopic (exact) mass is 235 g/mol. The van der Waals surface area contributed by atoms with E-state index < -0.39 is 0 Å². The van der Waals surface area contributed by atoms with Crippen molar-refractivity contribution in [3.63, 3.8) is 0 Å². The molecule has 1 N–H and O–H groups in total. The lowest BCUT2D eigenvalue weighted by Crippen LogP contribution is -2.16. The van der Waals surface area contributed by atoms with Gasteiger partial charge in [-0.25, -0.2) is 0 Å². The first-order valence-corrected chi connectivity index (χ1v) is 6.90. The molecule has 0 radical (unpaired) electrons. The largest absolute Gasteiger partial charge is 0.391 e. The van der Waals surface area contributed by atoms with Crippen molar-refractivity contribution in [3.8, 4) is 0 Å². The molecule has 2 aliphatic rings. The van der Waals surface area contributed by atoms with Crippen molar-refractivity contribution in [1.29, 1.82) is 0 Å². The Bertz CT molecular complexity index is 395. The second-order valence-electron chi connectivity index (χ2n) is 5.71. The van der Waals surface area contributed by atoms with Crippen molar-refractivity contribution in [3.05, 3.63) is 17.0 Å². The van der Waals surface area contributed by atoms with E-state index in [0.29, 0.717) is 17.8 Å². The molecule has 0 spiro atoms. The standard InChI is InChI=1S/C14H21NO2/c1-9-4-2-3-5-11(9)13-12(8-16)14(17-15-13)10-6-7-10/h9-11,16H,2-8H2,1H3/t9-,11-/m0/s1. The molecule has 2 fully saturated rings. The molecular formula is C14H21NO2. The molecule has 0 amide bonds. The Hall–Kier alpha value is -0.830. The van der Waals surface area contributed by atoms with Crippen LogP contribution in [0.25, 0.3) is 0 Å². The zero-order chi connectivity index (χ0) is 11.8. The van der Waals surface area contributed by atoms with Gasteiger partial charge in [-0.15, -0.1) is 0 Å². The predicted molar refractivity (Wildman–Crippen MR) is 64.8 cm³/mol. The van der Waals surface area contributed by atoms with Gasteiger partial charge in [-0.05, 0) is 25.2 Å². The molecule has 0 bridgehead atoms. The lowest BCUT2D eigenvalue weighted by molar-refractivity contribution is 0.272. The molecule has 1 heterocycles. The minimum atomic E-state index is 0.0912. The Morgan fingerprint density at radius 1 is 1.24 bits per heavy atom. The number of hydrogen-bond acceptors (Lipinski definition) is 3. The number of aromatic nitrogens is 1. The van der Waals surface area contributed by atoms with Gasteiger partial charge < -0.3 is 9.63 Å². The van der Waals surface area contributed by atoms with Crippen molar-refractivity contribution in [2.45, 2.75) is 63.9 Å². The van der Waals surface area contributed by atoms with Crippen LogP contribution in [0, 0.1) is 5.92 Å². The molecule has 3 heteroatoms. The highest BCUT2D eigenvalue weighted by Gasteiger charge is 2.35. The van der Waals surface area contributed by atoms with Gasteiger partial charge in [-0.2, -0.15) is 0 Å². The smallest absolute Gasteiger partial charge is 0.145 e.